The standard InChI is InChI=1S/C15H19ClN2OS/c1-3-6-17-8-12-4-5-14(13(16)7-12)19-9-15-18-11(2)10-20-15/h4-5,7,10,17H,3,6,8-9H2,1-2H3. The van der Waals surface area contributed by atoms with Gasteiger partial charge in [0.25, 0.3) is 0 Å². The van der Waals surface area contributed by atoms with E-state index in [1.54, 1.807) is 11.3 Å². The number of aromatic nitrogens is 1. The van der Waals surface area contributed by atoms with Crippen LogP contribution < -0.4 is 10.1 Å². The lowest BCUT2D eigenvalue weighted by molar-refractivity contribution is 0.305. The Hall–Kier alpha value is -1.10. The first kappa shape index (κ1) is 15.3. The van der Waals surface area contributed by atoms with Gasteiger partial charge in [-0.2, -0.15) is 0 Å². The van der Waals surface area contributed by atoms with Gasteiger partial charge in [-0.15, -0.1) is 11.3 Å². The molecule has 0 amide bonds. The molecule has 0 aliphatic carbocycles. The van der Waals surface area contributed by atoms with Crippen LogP contribution in [0.5, 0.6) is 5.75 Å². The van der Waals surface area contributed by atoms with Gasteiger partial charge in [-0.1, -0.05) is 24.6 Å². The molecule has 0 fully saturated rings. The van der Waals surface area contributed by atoms with Gasteiger partial charge in [-0.25, -0.2) is 4.98 Å². The SMILES string of the molecule is CCCNCc1ccc(OCc2nc(C)cs2)c(Cl)c1. The highest BCUT2D eigenvalue weighted by Gasteiger charge is 2.05. The van der Waals surface area contributed by atoms with Crippen LogP contribution in [-0.2, 0) is 13.2 Å². The van der Waals surface area contributed by atoms with Crippen molar-refractivity contribution >= 4 is 22.9 Å². The predicted octanol–water partition coefficient (Wildman–Crippen LogP) is 4.18. The van der Waals surface area contributed by atoms with Gasteiger partial charge in [0, 0.05) is 17.6 Å². The molecule has 1 heterocycles. The summed E-state index contributed by atoms with van der Waals surface area (Å²) in [5.41, 5.74) is 2.19. The Labute approximate surface area is 129 Å². The molecule has 0 bridgehead atoms. The Bertz CT molecular complexity index is 557. The maximum atomic E-state index is 6.24. The number of nitrogens with zero attached hydrogens (tertiary/aromatic N) is 1. The van der Waals surface area contributed by atoms with E-state index in [9.17, 15) is 0 Å². The normalized spacial score (nSPS) is 10.8. The lowest BCUT2D eigenvalue weighted by atomic mass is 10.2. The Balaban J connectivity index is 1.92. The van der Waals surface area contributed by atoms with E-state index in [1.165, 1.54) is 5.56 Å². The highest BCUT2D eigenvalue weighted by molar-refractivity contribution is 7.09. The molecule has 3 nitrogen and oxygen atoms in total. The van der Waals surface area contributed by atoms with E-state index in [-0.39, 0.29) is 0 Å². The minimum Gasteiger partial charge on any atom is -0.485 e. The fraction of sp³-hybridized carbons (Fsp3) is 0.400. The molecule has 0 aliphatic rings. The van der Waals surface area contributed by atoms with Crippen molar-refractivity contribution in [2.75, 3.05) is 6.54 Å². The van der Waals surface area contributed by atoms with E-state index < -0.39 is 0 Å². The minimum atomic E-state index is 0.464. The Morgan fingerprint density at radius 3 is 2.90 bits per heavy atom. The lowest BCUT2D eigenvalue weighted by Gasteiger charge is -2.09. The Morgan fingerprint density at radius 1 is 1.40 bits per heavy atom. The molecule has 0 unspecified atom stereocenters. The smallest absolute Gasteiger partial charge is 0.140 e. The summed E-state index contributed by atoms with van der Waals surface area (Å²) in [5, 5.41) is 6.98. The summed E-state index contributed by atoms with van der Waals surface area (Å²) in [6.07, 6.45) is 1.13. The van der Waals surface area contributed by atoms with E-state index in [0.29, 0.717) is 17.4 Å². The average Bonchev–Trinajstić information content (AvgIpc) is 2.84. The maximum Gasteiger partial charge on any atom is 0.140 e. The fourth-order valence-corrected chi connectivity index (χ4v) is 2.73. The zero-order chi connectivity index (χ0) is 14.4. The number of aryl methyl sites for hydroxylation is 1. The van der Waals surface area contributed by atoms with Crippen LogP contribution in [0.3, 0.4) is 0 Å². The molecular weight excluding hydrogens is 292 g/mol. The summed E-state index contributed by atoms with van der Waals surface area (Å²) in [4.78, 5) is 4.36. The van der Waals surface area contributed by atoms with Gasteiger partial charge in [0.1, 0.15) is 17.4 Å². The molecule has 0 atom stereocenters. The largest absolute Gasteiger partial charge is 0.485 e. The zero-order valence-electron chi connectivity index (χ0n) is 11.8. The van der Waals surface area contributed by atoms with Crippen molar-refractivity contribution in [3.63, 3.8) is 0 Å². The molecule has 5 heteroatoms. The van der Waals surface area contributed by atoms with Gasteiger partial charge < -0.3 is 10.1 Å². The summed E-state index contributed by atoms with van der Waals surface area (Å²) in [6, 6.07) is 5.91. The molecule has 20 heavy (non-hydrogen) atoms. The predicted molar refractivity (Wildman–Crippen MR) is 84.6 cm³/mol. The molecule has 1 aromatic carbocycles. The molecule has 0 saturated heterocycles. The highest BCUT2D eigenvalue weighted by atomic mass is 35.5. The topological polar surface area (TPSA) is 34.1 Å². The number of hydrogen-bond donors (Lipinski definition) is 1. The van der Waals surface area contributed by atoms with Crippen molar-refractivity contribution in [1.82, 2.24) is 10.3 Å². The van der Waals surface area contributed by atoms with Gasteiger partial charge in [-0.05, 0) is 37.6 Å². The monoisotopic (exact) mass is 310 g/mol. The summed E-state index contributed by atoms with van der Waals surface area (Å²) in [5.74, 6) is 0.707. The number of nitrogens with one attached hydrogen (secondary N) is 1. The van der Waals surface area contributed by atoms with Crippen LogP contribution in [0, 0.1) is 6.92 Å². The van der Waals surface area contributed by atoms with Crippen LogP contribution in [0.2, 0.25) is 5.02 Å². The van der Waals surface area contributed by atoms with Crippen LogP contribution in [0.15, 0.2) is 23.6 Å². The van der Waals surface area contributed by atoms with E-state index in [1.807, 2.05) is 30.5 Å². The van der Waals surface area contributed by atoms with Gasteiger partial charge in [-0.3, -0.25) is 0 Å². The molecule has 0 radical (unpaired) electrons. The second-order valence-electron chi connectivity index (χ2n) is 4.61. The second kappa shape index (κ2) is 7.62. The van der Waals surface area contributed by atoms with E-state index >= 15 is 0 Å². The first-order valence-electron chi connectivity index (χ1n) is 6.72. The van der Waals surface area contributed by atoms with Crippen molar-refractivity contribution in [1.29, 1.82) is 0 Å². The van der Waals surface area contributed by atoms with Crippen LogP contribution in [-0.4, -0.2) is 11.5 Å². The molecule has 0 saturated carbocycles. The third-order valence-corrected chi connectivity index (χ3v) is 4.01. The van der Waals surface area contributed by atoms with Crippen LogP contribution in [0.25, 0.3) is 0 Å². The van der Waals surface area contributed by atoms with Crippen molar-refractivity contribution in [2.45, 2.75) is 33.4 Å². The molecule has 0 aliphatic heterocycles. The number of rotatable bonds is 7. The first-order valence-corrected chi connectivity index (χ1v) is 7.97. The van der Waals surface area contributed by atoms with Gasteiger partial charge in [0.15, 0.2) is 0 Å². The van der Waals surface area contributed by atoms with Crippen LogP contribution >= 0.6 is 22.9 Å². The molecule has 2 rings (SSSR count). The van der Waals surface area contributed by atoms with Crippen molar-refractivity contribution in [3.8, 4) is 5.75 Å². The van der Waals surface area contributed by atoms with Crippen LogP contribution in [0.4, 0.5) is 0 Å². The Kier molecular flexibility index (Phi) is 5.83. The van der Waals surface area contributed by atoms with Crippen molar-refractivity contribution in [2.24, 2.45) is 0 Å². The highest BCUT2D eigenvalue weighted by Crippen LogP contribution is 2.26. The van der Waals surface area contributed by atoms with Gasteiger partial charge in [0.05, 0.1) is 5.02 Å². The van der Waals surface area contributed by atoms with Crippen molar-refractivity contribution in [3.05, 3.63) is 44.9 Å². The molecule has 1 aromatic heterocycles. The number of hydrogen-bond acceptors (Lipinski definition) is 4. The third-order valence-electron chi connectivity index (χ3n) is 2.77. The molecule has 108 valence electrons. The zero-order valence-corrected chi connectivity index (χ0v) is 13.4. The summed E-state index contributed by atoms with van der Waals surface area (Å²) in [6.45, 7) is 6.44. The minimum absolute atomic E-state index is 0.464. The number of ether oxygens (including phenoxy) is 1. The molecular formula is C15H19ClN2OS. The molecule has 1 N–H and O–H groups in total. The number of halogens is 1. The van der Waals surface area contributed by atoms with E-state index in [2.05, 4.69) is 17.2 Å². The van der Waals surface area contributed by atoms with Gasteiger partial charge >= 0.3 is 0 Å². The van der Waals surface area contributed by atoms with E-state index in [0.717, 1.165) is 30.2 Å². The number of thiazole rings is 1. The average molecular weight is 311 g/mol. The summed E-state index contributed by atoms with van der Waals surface area (Å²) < 4.78 is 5.71. The van der Waals surface area contributed by atoms with Gasteiger partial charge in [0.2, 0.25) is 0 Å². The first-order chi connectivity index (χ1) is 9.69. The van der Waals surface area contributed by atoms with Crippen molar-refractivity contribution < 1.29 is 4.74 Å². The maximum absolute atomic E-state index is 6.24. The molecule has 0 spiro atoms. The second-order valence-corrected chi connectivity index (χ2v) is 5.96. The number of benzene rings is 1. The molecule has 2 aromatic rings. The lowest BCUT2D eigenvalue weighted by Crippen LogP contribution is -2.13. The fourth-order valence-electron chi connectivity index (χ4n) is 1.79. The quantitative estimate of drug-likeness (QED) is 0.779. The van der Waals surface area contributed by atoms with E-state index in [4.69, 9.17) is 16.3 Å². The third kappa shape index (κ3) is 4.47. The summed E-state index contributed by atoms with van der Waals surface area (Å²) >= 11 is 7.85. The Morgan fingerprint density at radius 2 is 2.25 bits per heavy atom. The summed E-state index contributed by atoms with van der Waals surface area (Å²) in [7, 11) is 0. The van der Waals surface area contributed by atoms with Crippen LogP contribution in [0.1, 0.15) is 29.6 Å².